The van der Waals surface area contributed by atoms with Crippen molar-refractivity contribution in [3.05, 3.63) is 0 Å². The summed E-state index contributed by atoms with van der Waals surface area (Å²) in [6.45, 7) is 3.41. The Morgan fingerprint density at radius 3 is 1.61 bits per heavy atom. The van der Waals surface area contributed by atoms with E-state index in [1.54, 1.807) is 0 Å². The number of rotatable bonds is 26. The van der Waals surface area contributed by atoms with Crippen LogP contribution in [0.2, 0.25) is 0 Å². The molecule has 0 rings (SSSR count). The highest BCUT2D eigenvalue weighted by molar-refractivity contribution is 7.47. The second-order valence-electron chi connectivity index (χ2n) is 9.59. The first-order valence-corrected chi connectivity index (χ1v) is 15.0. The Morgan fingerprint density at radius 1 is 0.697 bits per heavy atom. The van der Waals surface area contributed by atoms with Gasteiger partial charge in [-0.1, -0.05) is 103 Å². The van der Waals surface area contributed by atoms with Gasteiger partial charge in [0.05, 0.1) is 27.3 Å². The van der Waals surface area contributed by atoms with Gasteiger partial charge in [0.25, 0.3) is 0 Å². The van der Waals surface area contributed by atoms with Crippen LogP contribution in [0.1, 0.15) is 110 Å². The van der Waals surface area contributed by atoms with E-state index in [0.717, 1.165) is 17.7 Å². The highest BCUT2D eigenvalue weighted by Crippen LogP contribution is 2.42. The number of hydrogen-bond acceptors (Lipinski definition) is 5. The van der Waals surface area contributed by atoms with E-state index < -0.39 is 13.9 Å². The molecule has 1 unspecified atom stereocenters. The highest BCUT2D eigenvalue weighted by atomic mass is 31.2. The van der Waals surface area contributed by atoms with Crippen LogP contribution in [0.25, 0.3) is 0 Å². The molecule has 0 aliphatic rings. The van der Waals surface area contributed by atoms with Crippen molar-refractivity contribution in [2.45, 2.75) is 116 Å². The van der Waals surface area contributed by atoms with Crippen molar-refractivity contribution in [2.75, 3.05) is 47.1 Å². The molecule has 0 fully saturated rings. The quantitative estimate of drug-likeness (QED) is 0.117. The number of phosphoric acid groups is 1. The smallest absolute Gasteiger partial charge is 0.388 e. The molecule has 0 bridgehead atoms. The number of nitrogens with one attached hydrogen (secondary N) is 1. The molecule has 0 aromatic carbocycles. The molecule has 0 heterocycles. The number of quaternary nitrogens is 1. The average Bonchev–Trinajstić information content (AvgIpc) is 2.76. The Bertz CT molecular complexity index is 453. The zero-order valence-electron chi connectivity index (χ0n) is 21.9. The lowest BCUT2D eigenvalue weighted by atomic mass is 10.0. The maximum absolute atomic E-state index is 11.7. The van der Waals surface area contributed by atoms with Gasteiger partial charge < -0.3 is 19.6 Å². The van der Waals surface area contributed by atoms with Crippen LogP contribution in [0.4, 0.5) is 0 Å². The van der Waals surface area contributed by atoms with Gasteiger partial charge in [-0.15, -0.1) is 0 Å². The van der Waals surface area contributed by atoms with Gasteiger partial charge in [-0.3, -0.25) is 9.05 Å². The maximum atomic E-state index is 11.7. The van der Waals surface area contributed by atoms with E-state index in [1.165, 1.54) is 89.9 Å². The van der Waals surface area contributed by atoms with Crippen molar-refractivity contribution < 1.29 is 33.2 Å². The van der Waals surface area contributed by atoms with Gasteiger partial charge in [0.2, 0.25) is 0 Å². The second kappa shape index (κ2) is 23.7. The van der Waals surface area contributed by atoms with Crippen LogP contribution >= 0.6 is 7.82 Å². The molecule has 0 aromatic heterocycles. The maximum Gasteiger partial charge on any atom is 0.472 e. The molecule has 0 aromatic rings. The van der Waals surface area contributed by atoms with Crippen molar-refractivity contribution >= 4 is 7.82 Å². The molecule has 2 atom stereocenters. The van der Waals surface area contributed by atoms with Crippen LogP contribution in [0, 0.1) is 0 Å². The van der Waals surface area contributed by atoms with Gasteiger partial charge in [0, 0.05) is 6.61 Å². The SMILES string of the molecule is CCCCCCCCCCCCCCCCCCOC[C@@H](O)COP(=O)(O)OCC[NH+](C)C. The average molecular weight is 497 g/mol. The predicted molar refractivity (Wildman–Crippen MR) is 136 cm³/mol. The van der Waals surface area contributed by atoms with Gasteiger partial charge in [-0.2, -0.15) is 0 Å². The summed E-state index contributed by atoms with van der Waals surface area (Å²) in [4.78, 5) is 10.7. The van der Waals surface area contributed by atoms with Crippen molar-refractivity contribution in [1.82, 2.24) is 0 Å². The first-order valence-electron chi connectivity index (χ1n) is 13.5. The van der Waals surface area contributed by atoms with Crippen molar-refractivity contribution in [3.63, 3.8) is 0 Å². The van der Waals surface area contributed by atoms with E-state index in [9.17, 15) is 14.6 Å². The lowest BCUT2D eigenvalue weighted by molar-refractivity contribution is -0.858. The van der Waals surface area contributed by atoms with Gasteiger partial charge in [0.1, 0.15) is 19.3 Å². The third-order valence-corrected chi connectivity index (χ3v) is 6.72. The van der Waals surface area contributed by atoms with Crippen molar-refractivity contribution in [3.8, 4) is 0 Å². The minimum absolute atomic E-state index is 0.0978. The number of aliphatic hydroxyl groups is 1. The normalized spacial score (nSPS) is 14.6. The van der Waals surface area contributed by atoms with Gasteiger partial charge in [0.15, 0.2) is 0 Å². The summed E-state index contributed by atoms with van der Waals surface area (Å²) in [5, 5.41) is 9.82. The zero-order chi connectivity index (χ0) is 24.6. The molecular formula is C25H55NO6P+. The standard InChI is InChI=1S/C25H54NO6P/c1-4-5-6-7-8-9-10-11-12-13-14-15-16-17-18-19-21-30-23-25(27)24-32-33(28,29)31-22-20-26(2)3/h25,27H,4-24H2,1-3H3,(H,28,29)/p+1/t25-/m1/s1. The summed E-state index contributed by atoms with van der Waals surface area (Å²) in [7, 11) is -0.263. The molecular weight excluding hydrogens is 441 g/mol. The van der Waals surface area contributed by atoms with Gasteiger partial charge in [-0.05, 0) is 6.42 Å². The Kier molecular flexibility index (Phi) is 23.7. The molecule has 7 nitrogen and oxygen atoms in total. The zero-order valence-corrected chi connectivity index (χ0v) is 22.8. The lowest BCUT2D eigenvalue weighted by Gasteiger charge is -2.16. The fourth-order valence-electron chi connectivity index (χ4n) is 3.60. The van der Waals surface area contributed by atoms with E-state index in [4.69, 9.17) is 13.8 Å². The predicted octanol–water partition coefficient (Wildman–Crippen LogP) is 4.90. The number of hydrogen-bond donors (Lipinski definition) is 3. The van der Waals surface area contributed by atoms with Crippen LogP contribution in [-0.2, 0) is 18.3 Å². The summed E-state index contributed by atoms with van der Waals surface area (Å²) in [6, 6.07) is 0. The monoisotopic (exact) mass is 496 g/mol. The summed E-state index contributed by atoms with van der Waals surface area (Å²) < 4.78 is 26.8. The van der Waals surface area contributed by atoms with Crippen molar-refractivity contribution in [2.24, 2.45) is 0 Å². The number of likely N-dealkylation sites (N-methyl/N-ethyl adjacent to an activating group) is 1. The van der Waals surface area contributed by atoms with Gasteiger partial charge >= 0.3 is 7.82 Å². The van der Waals surface area contributed by atoms with Crippen LogP contribution in [0.5, 0.6) is 0 Å². The third kappa shape index (κ3) is 26.4. The molecule has 200 valence electrons. The number of ether oxygens (including phenoxy) is 1. The number of aliphatic hydroxyl groups excluding tert-OH is 1. The molecule has 0 saturated carbocycles. The second-order valence-corrected chi connectivity index (χ2v) is 11.0. The van der Waals surface area contributed by atoms with Gasteiger partial charge in [-0.25, -0.2) is 4.57 Å². The topological polar surface area (TPSA) is 89.7 Å². The summed E-state index contributed by atoms with van der Waals surface area (Å²) >= 11 is 0. The fourth-order valence-corrected chi connectivity index (χ4v) is 4.36. The molecule has 33 heavy (non-hydrogen) atoms. The van der Waals surface area contributed by atoms with E-state index >= 15 is 0 Å². The Hall–Kier alpha value is -0.0100. The van der Waals surface area contributed by atoms with E-state index in [2.05, 4.69) is 6.92 Å². The molecule has 0 radical (unpaired) electrons. The van der Waals surface area contributed by atoms with E-state index in [0.29, 0.717) is 13.2 Å². The highest BCUT2D eigenvalue weighted by Gasteiger charge is 2.23. The van der Waals surface area contributed by atoms with Crippen LogP contribution < -0.4 is 4.90 Å². The van der Waals surface area contributed by atoms with Crippen LogP contribution in [0.15, 0.2) is 0 Å². The van der Waals surface area contributed by atoms with Crippen LogP contribution in [-0.4, -0.2) is 63.2 Å². The molecule has 3 N–H and O–H groups in total. The molecule has 0 aliphatic heterocycles. The fraction of sp³-hybridized carbons (Fsp3) is 1.00. The third-order valence-electron chi connectivity index (χ3n) is 5.74. The first-order chi connectivity index (χ1) is 15.9. The van der Waals surface area contributed by atoms with Crippen molar-refractivity contribution in [1.29, 1.82) is 0 Å². The lowest BCUT2D eigenvalue weighted by Crippen LogP contribution is -3.06. The molecule has 0 spiro atoms. The molecule has 0 amide bonds. The Labute approximate surface area is 204 Å². The van der Waals surface area contributed by atoms with E-state index in [1.807, 2.05) is 14.1 Å². The minimum Gasteiger partial charge on any atom is -0.388 e. The summed E-state index contributed by atoms with van der Waals surface area (Å²) in [6.07, 6.45) is 20.4. The number of unbranched alkanes of at least 4 members (excludes halogenated alkanes) is 15. The Morgan fingerprint density at radius 2 is 1.15 bits per heavy atom. The molecule has 0 aliphatic carbocycles. The first kappa shape index (κ1) is 33.0. The van der Waals surface area contributed by atoms with Crippen LogP contribution in [0.3, 0.4) is 0 Å². The number of phosphoric ester groups is 1. The van der Waals surface area contributed by atoms with E-state index in [-0.39, 0.29) is 19.8 Å². The largest absolute Gasteiger partial charge is 0.472 e. The molecule has 0 saturated heterocycles. The summed E-state index contributed by atoms with van der Waals surface area (Å²) in [5.41, 5.74) is 0. The Balaban J connectivity index is 3.32. The molecule has 8 heteroatoms. The summed E-state index contributed by atoms with van der Waals surface area (Å²) in [5.74, 6) is 0. The minimum atomic E-state index is -4.11.